The van der Waals surface area contributed by atoms with Crippen LogP contribution in [-0.2, 0) is 6.54 Å². The molecule has 1 aromatic carbocycles. The van der Waals surface area contributed by atoms with Gasteiger partial charge in [0.05, 0.1) is 0 Å². The summed E-state index contributed by atoms with van der Waals surface area (Å²) in [6.07, 6.45) is 6.28. The third-order valence-corrected chi connectivity index (χ3v) is 3.95. The SMILES string of the molecule is CSc1cc(C)ccc1CNC1CCC1. The predicted molar refractivity (Wildman–Crippen MR) is 67.4 cm³/mol. The fourth-order valence-corrected chi connectivity index (χ4v) is 2.57. The fourth-order valence-electron chi connectivity index (χ4n) is 1.86. The second-order valence-corrected chi connectivity index (χ2v) is 5.17. The number of hydrogen-bond acceptors (Lipinski definition) is 2. The van der Waals surface area contributed by atoms with Crippen LogP contribution in [0.3, 0.4) is 0 Å². The highest BCUT2D eigenvalue weighted by molar-refractivity contribution is 7.98. The topological polar surface area (TPSA) is 12.0 Å². The maximum absolute atomic E-state index is 3.62. The second-order valence-electron chi connectivity index (χ2n) is 4.32. The van der Waals surface area contributed by atoms with E-state index in [0.29, 0.717) is 0 Å². The summed E-state index contributed by atoms with van der Waals surface area (Å²) in [5, 5.41) is 3.62. The Morgan fingerprint density at radius 3 is 2.80 bits per heavy atom. The van der Waals surface area contributed by atoms with Gasteiger partial charge in [-0.05, 0) is 43.2 Å². The van der Waals surface area contributed by atoms with Gasteiger partial charge in [0.15, 0.2) is 0 Å². The van der Waals surface area contributed by atoms with Gasteiger partial charge in [-0.1, -0.05) is 18.6 Å². The molecule has 2 heteroatoms. The molecule has 1 aliphatic carbocycles. The van der Waals surface area contributed by atoms with E-state index < -0.39 is 0 Å². The number of nitrogens with one attached hydrogen (secondary N) is 1. The van der Waals surface area contributed by atoms with Crippen LogP contribution in [0.2, 0.25) is 0 Å². The van der Waals surface area contributed by atoms with Crippen LogP contribution < -0.4 is 5.32 Å². The number of benzene rings is 1. The summed E-state index contributed by atoms with van der Waals surface area (Å²) in [6, 6.07) is 7.52. The Kier molecular flexibility index (Phi) is 3.71. The van der Waals surface area contributed by atoms with Crippen molar-refractivity contribution in [3.63, 3.8) is 0 Å². The summed E-state index contributed by atoms with van der Waals surface area (Å²) in [6.45, 7) is 3.18. The number of aryl methyl sites for hydroxylation is 1. The van der Waals surface area contributed by atoms with Gasteiger partial charge in [-0.3, -0.25) is 0 Å². The Morgan fingerprint density at radius 1 is 1.40 bits per heavy atom. The van der Waals surface area contributed by atoms with Crippen LogP contribution in [0.15, 0.2) is 23.1 Å². The molecule has 0 heterocycles. The van der Waals surface area contributed by atoms with Crippen LogP contribution in [-0.4, -0.2) is 12.3 Å². The van der Waals surface area contributed by atoms with Gasteiger partial charge in [0, 0.05) is 17.5 Å². The average molecular weight is 221 g/mol. The van der Waals surface area contributed by atoms with Gasteiger partial charge in [-0.15, -0.1) is 11.8 Å². The average Bonchev–Trinajstić information content (AvgIpc) is 2.17. The van der Waals surface area contributed by atoms with Crippen LogP contribution in [0.25, 0.3) is 0 Å². The van der Waals surface area contributed by atoms with Crippen molar-refractivity contribution in [1.29, 1.82) is 0 Å². The van der Waals surface area contributed by atoms with Crippen molar-refractivity contribution < 1.29 is 0 Å². The smallest absolute Gasteiger partial charge is 0.0219 e. The highest BCUT2D eigenvalue weighted by Gasteiger charge is 2.16. The molecule has 0 radical (unpaired) electrons. The van der Waals surface area contributed by atoms with E-state index in [1.165, 1.54) is 35.3 Å². The van der Waals surface area contributed by atoms with Gasteiger partial charge in [0.25, 0.3) is 0 Å². The van der Waals surface area contributed by atoms with E-state index in [2.05, 4.69) is 36.7 Å². The van der Waals surface area contributed by atoms with Gasteiger partial charge >= 0.3 is 0 Å². The van der Waals surface area contributed by atoms with Gasteiger partial charge in [-0.2, -0.15) is 0 Å². The minimum Gasteiger partial charge on any atom is -0.310 e. The lowest BCUT2D eigenvalue weighted by Crippen LogP contribution is -2.34. The van der Waals surface area contributed by atoms with Crippen molar-refractivity contribution in [1.82, 2.24) is 5.32 Å². The molecule has 1 N–H and O–H groups in total. The summed E-state index contributed by atoms with van der Waals surface area (Å²) in [5.41, 5.74) is 2.80. The molecule has 15 heavy (non-hydrogen) atoms. The highest BCUT2D eigenvalue weighted by atomic mass is 32.2. The van der Waals surface area contributed by atoms with E-state index in [-0.39, 0.29) is 0 Å². The number of thioether (sulfide) groups is 1. The van der Waals surface area contributed by atoms with Crippen LogP contribution in [0, 0.1) is 6.92 Å². The molecule has 0 saturated heterocycles. The molecule has 0 aromatic heterocycles. The first kappa shape index (κ1) is 11.0. The van der Waals surface area contributed by atoms with E-state index >= 15 is 0 Å². The molecule has 1 fully saturated rings. The molecule has 1 saturated carbocycles. The van der Waals surface area contributed by atoms with Gasteiger partial charge in [0.2, 0.25) is 0 Å². The monoisotopic (exact) mass is 221 g/mol. The molecule has 0 unspecified atom stereocenters. The first-order valence-electron chi connectivity index (χ1n) is 5.66. The normalized spacial score (nSPS) is 16.4. The fraction of sp³-hybridized carbons (Fsp3) is 0.538. The molecule has 1 aromatic rings. The van der Waals surface area contributed by atoms with Gasteiger partial charge in [0.1, 0.15) is 0 Å². The molecule has 82 valence electrons. The predicted octanol–water partition coefficient (Wildman–Crippen LogP) is 3.36. The van der Waals surface area contributed by atoms with Crippen molar-refractivity contribution in [3.05, 3.63) is 29.3 Å². The largest absolute Gasteiger partial charge is 0.310 e. The molecular weight excluding hydrogens is 202 g/mol. The molecule has 1 nitrogen and oxygen atoms in total. The van der Waals surface area contributed by atoms with E-state index in [4.69, 9.17) is 0 Å². The van der Waals surface area contributed by atoms with E-state index in [9.17, 15) is 0 Å². The van der Waals surface area contributed by atoms with Crippen molar-refractivity contribution >= 4 is 11.8 Å². The van der Waals surface area contributed by atoms with Crippen molar-refractivity contribution in [3.8, 4) is 0 Å². The zero-order valence-corrected chi connectivity index (χ0v) is 10.4. The van der Waals surface area contributed by atoms with Gasteiger partial charge < -0.3 is 5.32 Å². The maximum atomic E-state index is 3.62. The third-order valence-electron chi connectivity index (χ3n) is 3.13. The van der Waals surface area contributed by atoms with Crippen LogP contribution in [0.4, 0.5) is 0 Å². The molecule has 0 bridgehead atoms. The summed E-state index contributed by atoms with van der Waals surface area (Å²) in [5.74, 6) is 0. The second kappa shape index (κ2) is 5.04. The summed E-state index contributed by atoms with van der Waals surface area (Å²) < 4.78 is 0. The summed E-state index contributed by atoms with van der Waals surface area (Å²) in [4.78, 5) is 1.42. The van der Waals surface area contributed by atoms with Crippen LogP contribution >= 0.6 is 11.8 Å². The standard InChI is InChI=1S/C13H19NS/c1-10-6-7-11(13(8-10)15-2)9-14-12-4-3-5-12/h6-8,12,14H,3-5,9H2,1-2H3. The minimum atomic E-state index is 0.779. The Hall–Kier alpha value is -0.470. The first-order chi connectivity index (χ1) is 7.29. The van der Waals surface area contributed by atoms with Crippen LogP contribution in [0.5, 0.6) is 0 Å². The number of rotatable bonds is 4. The first-order valence-corrected chi connectivity index (χ1v) is 6.89. The molecular formula is C13H19NS. The molecule has 1 aliphatic rings. The molecule has 0 atom stereocenters. The highest BCUT2D eigenvalue weighted by Crippen LogP contribution is 2.23. The lowest BCUT2D eigenvalue weighted by molar-refractivity contribution is 0.337. The van der Waals surface area contributed by atoms with Gasteiger partial charge in [-0.25, -0.2) is 0 Å². The van der Waals surface area contributed by atoms with E-state index in [0.717, 1.165) is 12.6 Å². The van der Waals surface area contributed by atoms with E-state index in [1.54, 1.807) is 0 Å². The molecule has 2 rings (SSSR count). The maximum Gasteiger partial charge on any atom is 0.0219 e. The Balaban J connectivity index is 1.99. The zero-order valence-electron chi connectivity index (χ0n) is 9.55. The number of hydrogen-bond donors (Lipinski definition) is 1. The summed E-state index contributed by atoms with van der Waals surface area (Å²) in [7, 11) is 0. The molecule has 0 spiro atoms. The Morgan fingerprint density at radius 2 is 2.20 bits per heavy atom. The quantitative estimate of drug-likeness (QED) is 0.782. The van der Waals surface area contributed by atoms with Crippen molar-refractivity contribution in [2.24, 2.45) is 0 Å². The van der Waals surface area contributed by atoms with Crippen molar-refractivity contribution in [2.75, 3.05) is 6.26 Å². The zero-order chi connectivity index (χ0) is 10.7. The summed E-state index contributed by atoms with van der Waals surface area (Å²) >= 11 is 1.85. The van der Waals surface area contributed by atoms with Crippen molar-refractivity contribution in [2.45, 2.75) is 43.7 Å². The van der Waals surface area contributed by atoms with Crippen LogP contribution in [0.1, 0.15) is 30.4 Å². The Bertz CT molecular complexity index is 331. The minimum absolute atomic E-state index is 0.779. The molecule has 0 aliphatic heterocycles. The lowest BCUT2D eigenvalue weighted by Gasteiger charge is -2.27. The Labute approximate surface area is 96.7 Å². The molecule has 0 amide bonds. The third kappa shape index (κ3) is 2.76. The van der Waals surface area contributed by atoms with E-state index in [1.807, 2.05) is 11.8 Å². The lowest BCUT2D eigenvalue weighted by atomic mass is 9.93.